The van der Waals surface area contributed by atoms with E-state index in [9.17, 15) is 4.79 Å². The van der Waals surface area contributed by atoms with Gasteiger partial charge < -0.3 is 14.3 Å². The number of carbonyl (C=O) groups is 1. The Balaban J connectivity index is 1.20. The molecular formula is C30H39NO4. The molecule has 0 N–H and O–H groups in total. The molecule has 0 bridgehead atoms. The fourth-order valence-electron chi connectivity index (χ4n) is 4.11. The quantitative estimate of drug-likeness (QED) is 0.143. The number of unbranched alkanes of at least 4 members (excludes halogenated alkanes) is 8. The average Bonchev–Trinajstić information content (AvgIpc) is 3.37. The first-order valence-corrected chi connectivity index (χ1v) is 13.0. The number of aryl methyl sites for hydroxylation is 1. The zero-order valence-electron chi connectivity index (χ0n) is 21.0. The summed E-state index contributed by atoms with van der Waals surface area (Å²) in [5, 5.41) is 4.32. The van der Waals surface area contributed by atoms with Crippen LogP contribution in [0.2, 0.25) is 0 Å². The Morgan fingerprint density at radius 2 is 1.51 bits per heavy atom. The van der Waals surface area contributed by atoms with Crippen LogP contribution in [0.1, 0.15) is 87.0 Å². The molecule has 5 nitrogen and oxygen atoms in total. The van der Waals surface area contributed by atoms with E-state index in [-0.39, 0.29) is 12.1 Å². The van der Waals surface area contributed by atoms with Crippen LogP contribution in [0.4, 0.5) is 0 Å². The Morgan fingerprint density at radius 3 is 2.14 bits per heavy atom. The summed E-state index contributed by atoms with van der Waals surface area (Å²) in [6.07, 6.45) is 12.6. The third kappa shape index (κ3) is 9.59. The number of hydrogen-bond acceptors (Lipinski definition) is 5. The van der Waals surface area contributed by atoms with Gasteiger partial charge in [0.1, 0.15) is 5.75 Å². The predicted octanol–water partition coefficient (Wildman–Crippen LogP) is 7.48. The van der Waals surface area contributed by atoms with E-state index in [1.807, 2.05) is 12.1 Å². The van der Waals surface area contributed by atoms with Crippen LogP contribution in [0.3, 0.4) is 0 Å². The summed E-state index contributed by atoms with van der Waals surface area (Å²) < 4.78 is 10.9. The minimum Gasteiger partial charge on any atom is -0.494 e. The highest BCUT2D eigenvalue weighted by molar-refractivity contribution is 6.01. The number of carbonyl (C=O) groups excluding carboxylic acids is 1. The van der Waals surface area contributed by atoms with Crippen molar-refractivity contribution in [1.29, 1.82) is 0 Å². The molecule has 0 aromatic heterocycles. The van der Waals surface area contributed by atoms with Gasteiger partial charge in [0, 0.05) is 12.5 Å². The van der Waals surface area contributed by atoms with Gasteiger partial charge in [-0.05, 0) is 55.2 Å². The van der Waals surface area contributed by atoms with E-state index in [0.29, 0.717) is 6.61 Å². The molecule has 0 spiro atoms. The number of ether oxygens (including phenoxy) is 2. The molecule has 2 aromatic carbocycles. The molecule has 1 aliphatic heterocycles. The van der Waals surface area contributed by atoms with E-state index in [1.165, 1.54) is 50.2 Å². The summed E-state index contributed by atoms with van der Waals surface area (Å²) >= 11 is 0. The number of oxime groups is 1. The molecule has 1 atom stereocenters. The van der Waals surface area contributed by atoms with Gasteiger partial charge in [0.2, 0.25) is 0 Å². The predicted molar refractivity (Wildman–Crippen MR) is 141 cm³/mol. The van der Waals surface area contributed by atoms with Crippen molar-refractivity contribution in [2.75, 3.05) is 13.2 Å². The topological polar surface area (TPSA) is 57.1 Å². The monoisotopic (exact) mass is 477 g/mol. The summed E-state index contributed by atoms with van der Waals surface area (Å²) in [6, 6.07) is 16.6. The van der Waals surface area contributed by atoms with Gasteiger partial charge in [0.15, 0.2) is 6.10 Å². The van der Waals surface area contributed by atoms with Crippen molar-refractivity contribution >= 4 is 11.7 Å². The Morgan fingerprint density at radius 1 is 0.914 bits per heavy atom. The minimum absolute atomic E-state index is 0.00420. The highest BCUT2D eigenvalue weighted by Gasteiger charge is 2.23. The molecule has 1 heterocycles. The number of esters is 1. The second-order valence-electron chi connectivity index (χ2n) is 9.17. The molecule has 0 aliphatic carbocycles. The van der Waals surface area contributed by atoms with Gasteiger partial charge in [-0.3, -0.25) is 0 Å². The maximum Gasteiger partial charge on any atom is 0.330 e. The van der Waals surface area contributed by atoms with Crippen LogP contribution in [-0.2, 0) is 14.4 Å². The van der Waals surface area contributed by atoms with Crippen LogP contribution in [-0.4, -0.2) is 24.9 Å². The van der Waals surface area contributed by atoms with Crippen LogP contribution in [0, 0.1) is 6.92 Å². The van der Waals surface area contributed by atoms with Gasteiger partial charge >= 0.3 is 5.97 Å². The van der Waals surface area contributed by atoms with Crippen LogP contribution in [0.15, 0.2) is 66.3 Å². The van der Waals surface area contributed by atoms with Crippen LogP contribution < -0.4 is 4.74 Å². The molecule has 1 unspecified atom stereocenters. The minimum atomic E-state index is -0.326. The highest BCUT2D eigenvalue weighted by Crippen LogP contribution is 2.30. The summed E-state index contributed by atoms with van der Waals surface area (Å²) in [5.41, 5.74) is 4.48. The maximum absolute atomic E-state index is 10.9. The molecule has 5 heteroatoms. The SMILES string of the molecule is C=CC(=O)OCCCCCCCCCCCOc1ccc(C2=NOC(c3ccc(C)cc3)C2)cc1. The van der Waals surface area contributed by atoms with Gasteiger partial charge in [0.25, 0.3) is 0 Å². The molecular weight excluding hydrogens is 438 g/mol. The summed E-state index contributed by atoms with van der Waals surface area (Å²) in [7, 11) is 0. The van der Waals surface area contributed by atoms with E-state index in [4.69, 9.17) is 14.3 Å². The van der Waals surface area contributed by atoms with E-state index >= 15 is 0 Å². The van der Waals surface area contributed by atoms with Crippen LogP contribution in [0.25, 0.3) is 0 Å². The van der Waals surface area contributed by atoms with Crippen LogP contribution >= 0.6 is 0 Å². The van der Waals surface area contributed by atoms with E-state index in [2.05, 4.69) is 55.1 Å². The second-order valence-corrected chi connectivity index (χ2v) is 9.17. The first-order chi connectivity index (χ1) is 17.2. The third-order valence-electron chi connectivity index (χ3n) is 6.27. The number of benzene rings is 2. The lowest BCUT2D eigenvalue weighted by atomic mass is 9.99. The van der Waals surface area contributed by atoms with Crippen molar-refractivity contribution < 1.29 is 19.1 Å². The standard InChI is InChI=1S/C30H39NO4/c1-3-30(32)34-22-12-10-8-6-4-5-7-9-11-21-33-27-19-17-25(18-20-27)28-23-29(35-31-28)26-15-13-24(2)14-16-26/h3,13-20,29H,1,4-12,21-23H2,2H3. The Labute approximate surface area is 210 Å². The van der Waals surface area contributed by atoms with Gasteiger partial charge in [-0.2, -0.15) is 0 Å². The molecule has 2 aromatic rings. The number of rotatable bonds is 16. The average molecular weight is 478 g/mol. The van der Waals surface area contributed by atoms with Gasteiger partial charge in [-0.1, -0.05) is 86.5 Å². The molecule has 3 rings (SSSR count). The lowest BCUT2D eigenvalue weighted by Gasteiger charge is -2.09. The Kier molecular flexibility index (Phi) is 11.4. The largest absolute Gasteiger partial charge is 0.494 e. The lowest BCUT2D eigenvalue weighted by Crippen LogP contribution is -2.02. The molecule has 0 fully saturated rings. The zero-order chi connectivity index (χ0) is 24.7. The second kappa shape index (κ2) is 15.0. The van der Waals surface area contributed by atoms with Crippen molar-refractivity contribution in [3.05, 3.63) is 77.9 Å². The molecule has 35 heavy (non-hydrogen) atoms. The van der Waals surface area contributed by atoms with Gasteiger partial charge in [-0.25, -0.2) is 4.79 Å². The van der Waals surface area contributed by atoms with Crippen molar-refractivity contribution in [3.63, 3.8) is 0 Å². The molecule has 0 saturated heterocycles. The molecule has 1 aliphatic rings. The number of nitrogens with zero attached hydrogens (tertiary/aromatic N) is 1. The fourth-order valence-corrected chi connectivity index (χ4v) is 4.11. The first kappa shape index (κ1) is 26.5. The van der Waals surface area contributed by atoms with E-state index in [0.717, 1.165) is 54.9 Å². The van der Waals surface area contributed by atoms with Crippen molar-refractivity contribution in [1.82, 2.24) is 0 Å². The first-order valence-electron chi connectivity index (χ1n) is 13.0. The summed E-state index contributed by atoms with van der Waals surface area (Å²) in [6.45, 7) is 6.74. The van der Waals surface area contributed by atoms with Crippen molar-refractivity contribution in [2.24, 2.45) is 5.16 Å². The third-order valence-corrected chi connectivity index (χ3v) is 6.27. The maximum atomic E-state index is 10.9. The normalized spacial score (nSPS) is 14.8. The molecule has 0 amide bonds. The summed E-state index contributed by atoms with van der Waals surface area (Å²) in [5.74, 6) is 0.578. The highest BCUT2D eigenvalue weighted by atomic mass is 16.6. The number of hydrogen-bond donors (Lipinski definition) is 0. The molecule has 0 saturated carbocycles. The smallest absolute Gasteiger partial charge is 0.330 e. The van der Waals surface area contributed by atoms with E-state index < -0.39 is 0 Å². The molecule has 0 radical (unpaired) electrons. The Hall–Kier alpha value is -3.08. The lowest BCUT2D eigenvalue weighted by molar-refractivity contribution is -0.137. The van der Waals surface area contributed by atoms with Gasteiger partial charge in [-0.15, -0.1) is 0 Å². The Bertz CT molecular complexity index is 934. The van der Waals surface area contributed by atoms with Crippen molar-refractivity contribution in [2.45, 2.75) is 77.2 Å². The fraction of sp³-hybridized carbons (Fsp3) is 0.467. The summed E-state index contributed by atoms with van der Waals surface area (Å²) in [4.78, 5) is 16.6. The van der Waals surface area contributed by atoms with Gasteiger partial charge in [0.05, 0.1) is 18.9 Å². The van der Waals surface area contributed by atoms with Crippen LogP contribution in [0.5, 0.6) is 5.75 Å². The van der Waals surface area contributed by atoms with E-state index in [1.54, 1.807) is 0 Å². The molecule has 188 valence electrons. The van der Waals surface area contributed by atoms with Crippen molar-refractivity contribution in [3.8, 4) is 5.75 Å². The zero-order valence-corrected chi connectivity index (χ0v) is 21.0.